The molecule has 22 heavy (non-hydrogen) atoms. The molecule has 1 aromatic rings. The number of amides is 1. The van der Waals surface area contributed by atoms with E-state index in [2.05, 4.69) is 5.32 Å². The molecule has 0 bridgehead atoms. The molecule has 2 rings (SSSR count). The Hall–Kier alpha value is -1.59. The van der Waals surface area contributed by atoms with Crippen LogP contribution in [-0.4, -0.2) is 31.8 Å². The van der Waals surface area contributed by atoms with Gasteiger partial charge in [-0.3, -0.25) is 4.79 Å². The normalized spacial score (nSPS) is 17.3. The molecule has 3 N–H and O–H groups in total. The molecule has 1 aromatic carbocycles. The number of carbonyl (C=O) groups is 1. The Balaban J connectivity index is 2.09. The molecule has 1 aliphatic rings. The van der Waals surface area contributed by atoms with E-state index in [1.54, 1.807) is 0 Å². The summed E-state index contributed by atoms with van der Waals surface area (Å²) in [6.45, 7) is 7.47. The Bertz CT molecular complexity index is 523. The molecule has 1 saturated heterocycles. The monoisotopic (exact) mass is 306 g/mol. The zero-order valence-electron chi connectivity index (χ0n) is 13.6. The fraction of sp³-hybridized carbons (Fsp3) is 0.588. The summed E-state index contributed by atoms with van der Waals surface area (Å²) in [5.41, 5.74) is 7.13. The molecular weight excluding hydrogens is 280 g/mol. The van der Waals surface area contributed by atoms with E-state index < -0.39 is 5.41 Å². The van der Waals surface area contributed by atoms with Gasteiger partial charge in [0.15, 0.2) is 0 Å². The van der Waals surface area contributed by atoms with Crippen LogP contribution >= 0.6 is 0 Å². The third-order valence-corrected chi connectivity index (χ3v) is 4.12. The van der Waals surface area contributed by atoms with Crippen LogP contribution in [0.25, 0.3) is 0 Å². The predicted octanol–water partition coefficient (Wildman–Crippen LogP) is 2.48. The minimum Gasteiger partial charge on any atom is -0.491 e. The standard InChI is InChI=1S/C17H26N2O3/c1-12(2)22-15-5-4-14(10-13(15)3)19-16(20)17(11-18)6-8-21-9-7-17/h4-5,10,12H,6-9,11,18H2,1-3H3,(H,19,20). The average molecular weight is 306 g/mol. The Labute approximate surface area is 132 Å². The molecule has 0 aliphatic carbocycles. The second kappa shape index (κ2) is 7.11. The lowest BCUT2D eigenvalue weighted by molar-refractivity contribution is -0.130. The van der Waals surface area contributed by atoms with Crippen molar-refractivity contribution < 1.29 is 14.3 Å². The maximum Gasteiger partial charge on any atom is 0.232 e. The molecule has 0 radical (unpaired) electrons. The molecule has 1 amide bonds. The quantitative estimate of drug-likeness (QED) is 0.876. The van der Waals surface area contributed by atoms with Gasteiger partial charge in [-0.1, -0.05) is 0 Å². The number of nitrogens with one attached hydrogen (secondary N) is 1. The molecule has 0 unspecified atom stereocenters. The number of anilines is 1. The van der Waals surface area contributed by atoms with Gasteiger partial charge in [-0.25, -0.2) is 0 Å². The molecule has 5 nitrogen and oxygen atoms in total. The van der Waals surface area contributed by atoms with Crippen molar-refractivity contribution in [1.82, 2.24) is 0 Å². The summed E-state index contributed by atoms with van der Waals surface area (Å²) in [5, 5.41) is 2.99. The van der Waals surface area contributed by atoms with Crippen molar-refractivity contribution in [2.24, 2.45) is 11.1 Å². The summed E-state index contributed by atoms with van der Waals surface area (Å²) in [4.78, 5) is 12.6. The van der Waals surface area contributed by atoms with Gasteiger partial charge in [0.05, 0.1) is 11.5 Å². The lowest BCUT2D eigenvalue weighted by Gasteiger charge is -2.34. The minimum atomic E-state index is -0.515. The van der Waals surface area contributed by atoms with Crippen LogP contribution in [0.1, 0.15) is 32.3 Å². The van der Waals surface area contributed by atoms with E-state index in [4.69, 9.17) is 15.2 Å². The van der Waals surface area contributed by atoms with Crippen LogP contribution in [0.5, 0.6) is 5.75 Å². The fourth-order valence-corrected chi connectivity index (χ4v) is 2.66. The molecule has 5 heteroatoms. The van der Waals surface area contributed by atoms with Gasteiger partial charge in [0.2, 0.25) is 5.91 Å². The Morgan fingerprint density at radius 2 is 2.09 bits per heavy atom. The molecular formula is C17H26N2O3. The second-order valence-electron chi connectivity index (χ2n) is 6.20. The van der Waals surface area contributed by atoms with Crippen LogP contribution in [0.2, 0.25) is 0 Å². The van der Waals surface area contributed by atoms with Gasteiger partial charge >= 0.3 is 0 Å². The summed E-state index contributed by atoms with van der Waals surface area (Å²) >= 11 is 0. The number of aryl methyl sites for hydroxylation is 1. The van der Waals surface area contributed by atoms with Crippen molar-refractivity contribution in [2.75, 3.05) is 25.1 Å². The zero-order valence-corrected chi connectivity index (χ0v) is 13.6. The number of hydrogen-bond donors (Lipinski definition) is 2. The highest BCUT2D eigenvalue weighted by Crippen LogP contribution is 2.31. The fourth-order valence-electron chi connectivity index (χ4n) is 2.66. The summed E-state index contributed by atoms with van der Waals surface area (Å²) in [6.07, 6.45) is 1.47. The van der Waals surface area contributed by atoms with Crippen LogP contribution < -0.4 is 15.8 Å². The summed E-state index contributed by atoms with van der Waals surface area (Å²) in [5.74, 6) is 0.822. The van der Waals surface area contributed by atoms with Gasteiger partial charge in [0.25, 0.3) is 0 Å². The van der Waals surface area contributed by atoms with Gasteiger partial charge in [0, 0.05) is 25.4 Å². The third kappa shape index (κ3) is 3.78. The maximum absolute atomic E-state index is 12.6. The summed E-state index contributed by atoms with van der Waals surface area (Å²) in [6, 6.07) is 5.69. The Morgan fingerprint density at radius 3 is 2.64 bits per heavy atom. The first-order valence-electron chi connectivity index (χ1n) is 7.83. The lowest BCUT2D eigenvalue weighted by atomic mass is 9.79. The van der Waals surface area contributed by atoms with Crippen molar-refractivity contribution >= 4 is 11.6 Å². The molecule has 0 atom stereocenters. The first-order chi connectivity index (χ1) is 10.5. The average Bonchev–Trinajstić information content (AvgIpc) is 2.50. The molecule has 122 valence electrons. The predicted molar refractivity (Wildman–Crippen MR) is 87.1 cm³/mol. The topological polar surface area (TPSA) is 73.6 Å². The molecule has 1 aliphatic heterocycles. The van der Waals surface area contributed by atoms with E-state index in [-0.39, 0.29) is 12.0 Å². The Morgan fingerprint density at radius 1 is 1.41 bits per heavy atom. The zero-order chi connectivity index (χ0) is 16.2. The number of hydrogen-bond acceptors (Lipinski definition) is 4. The van der Waals surface area contributed by atoms with Crippen LogP contribution in [0.3, 0.4) is 0 Å². The lowest BCUT2D eigenvalue weighted by Crippen LogP contribution is -2.46. The van der Waals surface area contributed by atoms with Crippen molar-refractivity contribution in [3.05, 3.63) is 23.8 Å². The van der Waals surface area contributed by atoms with Crippen LogP contribution in [0.15, 0.2) is 18.2 Å². The summed E-state index contributed by atoms with van der Waals surface area (Å²) < 4.78 is 11.1. The number of carbonyl (C=O) groups excluding carboxylic acids is 1. The molecule has 0 spiro atoms. The highest BCUT2D eigenvalue weighted by atomic mass is 16.5. The molecule has 0 saturated carbocycles. The van der Waals surface area contributed by atoms with E-state index >= 15 is 0 Å². The summed E-state index contributed by atoms with van der Waals surface area (Å²) in [7, 11) is 0. The van der Waals surface area contributed by atoms with Crippen molar-refractivity contribution in [3.63, 3.8) is 0 Å². The number of ether oxygens (including phenoxy) is 2. The van der Waals surface area contributed by atoms with E-state index in [1.807, 2.05) is 39.0 Å². The highest BCUT2D eigenvalue weighted by molar-refractivity contribution is 5.95. The van der Waals surface area contributed by atoms with Crippen molar-refractivity contribution in [1.29, 1.82) is 0 Å². The van der Waals surface area contributed by atoms with Crippen molar-refractivity contribution in [2.45, 2.75) is 39.7 Å². The van der Waals surface area contributed by atoms with E-state index in [1.165, 1.54) is 0 Å². The first-order valence-corrected chi connectivity index (χ1v) is 7.83. The van der Waals surface area contributed by atoms with Gasteiger partial charge in [-0.15, -0.1) is 0 Å². The third-order valence-electron chi connectivity index (χ3n) is 4.12. The molecule has 1 heterocycles. The van der Waals surface area contributed by atoms with E-state index in [0.717, 1.165) is 17.0 Å². The second-order valence-corrected chi connectivity index (χ2v) is 6.20. The van der Waals surface area contributed by atoms with Crippen LogP contribution in [0.4, 0.5) is 5.69 Å². The smallest absolute Gasteiger partial charge is 0.232 e. The maximum atomic E-state index is 12.6. The number of rotatable bonds is 5. The van der Waals surface area contributed by atoms with E-state index in [0.29, 0.717) is 32.6 Å². The SMILES string of the molecule is Cc1cc(NC(=O)C2(CN)CCOCC2)ccc1OC(C)C. The van der Waals surface area contributed by atoms with Crippen LogP contribution in [-0.2, 0) is 9.53 Å². The van der Waals surface area contributed by atoms with Gasteiger partial charge < -0.3 is 20.5 Å². The molecule has 0 aromatic heterocycles. The van der Waals surface area contributed by atoms with Crippen molar-refractivity contribution in [3.8, 4) is 5.75 Å². The van der Waals surface area contributed by atoms with Gasteiger partial charge in [0.1, 0.15) is 5.75 Å². The van der Waals surface area contributed by atoms with E-state index in [9.17, 15) is 4.79 Å². The van der Waals surface area contributed by atoms with Gasteiger partial charge in [-0.2, -0.15) is 0 Å². The van der Waals surface area contributed by atoms with Gasteiger partial charge in [-0.05, 0) is 57.4 Å². The molecule has 1 fully saturated rings. The largest absolute Gasteiger partial charge is 0.491 e. The Kier molecular flexibility index (Phi) is 5.42. The first kappa shape index (κ1) is 16.8. The minimum absolute atomic E-state index is 0.0183. The number of nitrogens with two attached hydrogens (primary N) is 1. The van der Waals surface area contributed by atoms with Crippen LogP contribution in [0, 0.1) is 12.3 Å². The number of benzene rings is 1. The highest BCUT2D eigenvalue weighted by Gasteiger charge is 2.38.